The van der Waals surface area contributed by atoms with Gasteiger partial charge in [-0.2, -0.15) is 13.2 Å². The third-order valence-corrected chi connectivity index (χ3v) is 3.01. The summed E-state index contributed by atoms with van der Waals surface area (Å²) in [6, 6.07) is 9.57. The molecule has 0 saturated carbocycles. The number of pyridine rings is 1. The molecule has 0 unspecified atom stereocenters. The summed E-state index contributed by atoms with van der Waals surface area (Å²) < 4.78 is 42.7. The van der Waals surface area contributed by atoms with Crippen molar-refractivity contribution in [3.05, 3.63) is 53.7 Å². The van der Waals surface area contributed by atoms with E-state index in [1.165, 1.54) is 6.07 Å². The molecule has 112 valence electrons. The molecule has 0 radical (unpaired) electrons. The van der Waals surface area contributed by atoms with Crippen molar-refractivity contribution in [1.82, 2.24) is 4.98 Å². The molecule has 0 amide bonds. The molecule has 5 heteroatoms. The topological polar surface area (TPSA) is 22.1 Å². The minimum absolute atomic E-state index is 0.0329. The summed E-state index contributed by atoms with van der Waals surface area (Å²) in [6.45, 7) is 6.29. The van der Waals surface area contributed by atoms with Crippen LogP contribution >= 0.6 is 0 Å². The Morgan fingerprint density at radius 1 is 0.857 bits per heavy atom. The first kappa shape index (κ1) is 15.4. The van der Waals surface area contributed by atoms with Crippen molar-refractivity contribution in [2.24, 2.45) is 0 Å². The Morgan fingerprint density at radius 2 is 1.43 bits per heavy atom. The first-order valence-electron chi connectivity index (χ1n) is 6.48. The summed E-state index contributed by atoms with van der Waals surface area (Å²) in [4.78, 5) is 3.67. The maximum atomic E-state index is 12.4. The third kappa shape index (κ3) is 3.97. The van der Waals surface area contributed by atoms with Crippen molar-refractivity contribution in [2.45, 2.75) is 32.4 Å². The number of hydrogen-bond acceptors (Lipinski definition) is 2. The van der Waals surface area contributed by atoms with Gasteiger partial charge in [0.05, 0.1) is 5.56 Å². The number of ether oxygens (including phenoxy) is 1. The van der Waals surface area contributed by atoms with Crippen molar-refractivity contribution in [3.63, 3.8) is 0 Å². The van der Waals surface area contributed by atoms with Crippen LogP contribution in [-0.4, -0.2) is 4.98 Å². The molecule has 2 nitrogen and oxygen atoms in total. The Kier molecular flexibility index (Phi) is 3.94. The van der Waals surface area contributed by atoms with Crippen LogP contribution in [0.3, 0.4) is 0 Å². The van der Waals surface area contributed by atoms with E-state index in [9.17, 15) is 13.2 Å². The Bertz CT molecular complexity index is 540. The molecule has 0 bridgehead atoms. The van der Waals surface area contributed by atoms with E-state index in [4.69, 9.17) is 4.74 Å². The normalized spacial score (nSPS) is 12.3. The molecule has 2 rings (SSSR count). The van der Waals surface area contributed by atoms with E-state index < -0.39 is 11.7 Å². The highest BCUT2D eigenvalue weighted by Gasteiger charge is 2.30. The average molecular weight is 295 g/mol. The molecule has 2 aromatic rings. The molecule has 0 atom stereocenters. The minimum Gasteiger partial charge on any atom is -0.439 e. The van der Waals surface area contributed by atoms with E-state index in [0.717, 1.165) is 17.8 Å². The molecule has 1 aromatic carbocycles. The summed E-state index contributed by atoms with van der Waals surface area (Å²) >= 11 is 0. The monoisotopic (exact) mass is 295 g/mol. The van der Waals surface area contributed by atoms with Crippen molar-refractivity contribution in [1.29, 1.82) is 0 Å². The maximum Gasteiger partial charge on any atom is 0.417 e. The highest BCUT2D eigenvalue weighted by atomic mass is 19.4. The van der Waals surface area contributed by atoms with Gasteiger partial charge >= 0.3 is 6.18 Å². The summed E-state index contributed by atoms with van der Waals surface area (Å²) in [5.74, 6) is 0.668. The Morgan fingerprint density at radius 3 is 1.86 bits per heavy atom. The predicted molar refractivity (Wildman–Crippen MR) is 74.5 cm³/mol. The molecule has 0 spiro atoms. The summed E-state index contributed by atoms with van der Waals surface area (Å²) in [6.07, 6.45) is -3.63. The molecule has 0 aliphatic heterocycles. The average Bonchev–Trinajstić information content (AvgIpc) is 2.38. The number of hydrogen-bond donors (Lipinski definition) is 0. The second-order valence-corrected chi connectivity index (χ2v) is 5.76. The van der Waals surface area contributed by atoms with E-state index in [0.29, 0.717) is 5.75 Å². The molecule has 0 saturated heterocycles. The van der Waals surface area contributed by atoms with Gasteiger partial charge in [0.25, 0.3) is 0 Å². The van der Waals surface area contributed by atoms with Crippen LogP contribution in [0.25, 0.3) is 0 Å². The smallest absolute Gasteiger partial charge is 0.417 e. The van der Waals surface area contributed by atoms with Gasteiger partial charge in [0.1, 0.15) is 5.75 Å². The number of halogens is 3. The zero-order chi connectivity index (χ0) is 15.7. The SMILES string of the molecule is CC(C)(C)c1ccc(Oc2ccc(C(F)(F)F)cn2)cc1. The van der Waals surface area contributed by atoms with E-state index in [-0.39, 0.29) is 11.3 Å². The van der Waals surface area contributed by atoms with Gasteiger partial charge in [0.2, 0.25) is 5.88 Å². The predicted octanol–water partition coefficient (Wildman–Crippen LogP) is 5.19. The fourth-order valence-electron chi connectivity index (χ4n) is 1.75. The summed E-state index contributed by atoms with van der Waals surface area (Å²) in [7, 11) is 0. The largest absolute Gasteiger partial charge is 0.439 e. The molecule has 0 aliphatic rings. The Balaban J connectivity index is 2.12. The van der Waals surface area contributed by atoms with Gasteiger partial charge in [-0.25, -0.2) is 4.98 Å². The van der Waals surface area contributed by atoms with Gasteiger partial charge in [-0.05, 0) is 29.2 Å². The van der Waals surface area contributed by atoms with E-state index in [1.54, 1.807) is 12.1 Å². The number of alkyl halides is 3. The zero-order valence-electron chi connectivity index (χ0n) is 12.0. The second-order valence-electron chi connectivity index (χ2n) is 5.76. The van der Waals surface area contributed by atoms with Crippen molar-refractivity contribution in [3.8, 4) is 11.6 Å². The molecular weight excluding hydrogens is 279 g/mol. The number of benzene rings is 1. The lowest BCUT2D eigenvalue weighted by atomic mass is 9.87. The molecule has 1 heterocycles. The molecule has 21 heavy (non-hydrogen) atoms. The van der Waals surface area contributed by atoms with Gasteiger partial charge in [-0.15, -0.1) is 0 Å². The van der Waals surface area contributed by atoms with Crippen LogP contribution in [0.1, 0.15) is 31.9 Å². The highest BCUT2D eigenvalue weighted by molar-refractivity contribution is 5.33. The number of rotatable bonds is 2. The molecule has 1 aromatic heterocycles. The minimum atomic E-state index is -4.39. The van der Waals surface area contributed by atoms with Crippen molar-refractivity contribution in [2.75, 3.05) is 0 Å². The molecular formula is C16H16F3NO. The fourth-order valence-corrected chi connectivity index (χ4v) is 1.75. The van der Waals surface area contributed by atoms with Crippen molar-refractivity contribution >= 4 is 0 Å². The van der Waals surface area contributed by atoms with Crippen LogP contribution in [0.2, 0.25) is 0 Å². The van der Waals surface area contributed by atoms with Gasteiger partial charge in [-0.3, -0.25) is 0 Å². The van der Waals surface area contributed by atoms with Crippen LogP contribution in [0, 0.1) is 0 Å². The van der Waals surface area contributed by atoms with Gasteiger partial charge in [0.15, 0.2) is 0 Å². The molecule has 0 aliphatic carbocycles. The first-order chi connectivity index (χ1) is 9.66. The zero-order valence-corrected chi connectivity index (χ0v) is 12.0. The van der Waals surface area contributed by atoms with Crippen LogP contribution in [0.15, 0.2) is 42.6 Å². The van der Waals surface area contributed by atoms with Gasteiger partial charge in [-0.1, -0.05) is 32.9 Å². The van der Waals surface area contributed by atoms with E-state index in [1.807, 2.05) is 12.1 Å². The molecule has 0 fully saturated rings. The van der Waals surface area contributed by atoms with Crippen LogP contribution in [0.5, 0.6) is 11.6 Å². The van der Waals surface area contributed by atoms with Crippen LogP contribution < -0.4 is 4.74 Å². The first-order valence-corrected chi connectivity index (χ1v) is 6.48. The molecule has 0 N–H and O–H groups in total. The van der Waals surface area contributed by atoms with Crippen LogP contribution in [0.4, 0.5) is 13.2 Å². The summed E-state index contributed by atoms with van der Waals surface area (Å²) in [5, 5.41) is 0. The lowest BCUT2D eigenvalue weighted by Gasteiger charge is -2.19. The summed E-state index contributed by atoms with van der Waals surface area (Å²) in [5.41, 5.74) is 0.388. The van der Waals surface area contributed by atoms with E-state index >= 15 is 0 Å². The van der Waals surface area contributed by atoms with Crippen molar-refractivity contribution < 1.29 is 17.9 Å². The highest BCUT2D eigenvalue weighted by Crippen LogP contribution is 2.30. The lowest BCUT2D eigenvalue weighted by Crippen LogP contribution is -2.10. The second kappa shape index (κ2) is 5.39. The van der Waals surface area contributed by atoms with E-state index in [2.05, 4.69) is 25.8 Å². The standard InChI is InChI=1S/C16H16F3NO/c1-15(2,3)11-4-7-13(8-5-11)21-14-9-6-12(10-20-14)16(17,18)19/h4-10H,1-3H3. The Hall–Kier alpha value is -2.04. The fraction of sp³-hybridized carbons (Fsp3) is 0.312. The Labute approximate surface area is 121 Å². The van der Waals surface area contributed by atoms with Crippen LogP contribution in [-0.2, 0) is 11.6 Å². The number of nitrogens with zero attached hydrogens (tertiary/aromatic N) is 1. The van der Waals surface area contributed by atoms with Gasteiger partial charge in [0, 0.05) is 12.3 Å². The lowest BCUT2D eigenvalue weighted by molar-refractivity contribution is -0.137. The third-order valence-electron chi connectivity index (χ3n) is 3.01. The maximum absolute atomic E-state index is 12.4. The van der Waals surface area contributed by atoms with Gasteiger partial charge < -0.3 is 4.74 Å². The number of aromatic nitrogens is 1. The quantitative estimate of drug-likeness (QED) is 0.760.